The maximum atomic E-state index is 12.7. The highest BCUT2D eigenvalue weighted by molar-refractivity contribution is 5.34. The fourth-order valence-corrected chi connectivity index (χ4v) is 1.29. The van der Waals surface area contributed by atoms with Crippen molar-refractivity contribution in [1.29, 1.82) is 0 Å². The van der Waals surface area contributed by atoms with E-state index in [-0.39, 0.29) is 11.8 Å². The largest absolute Gasteiger partial charge is 0.508 e. The fraction of sp³-hybridized carbons (Fsp3) is 0.400. The van der Waals surface area contributed by atoms with Crippen LogP contribution in [0.1, 0.15) is 18.5 Å². The SMILES string of the molecule is CC(NCCN)c1ccc(F)cc1O. The number of aromatic hydroxyl groups is 1. The molecule has 1 aromatic carbocycles. The second-order valence-electron chi connectivity index (χ2n) is 3.17. The molecule has 1 unspecified atom stereocenters. The van der Waals surface area contributed by atoms with Gasteiger partial charge < -0.3 is 16.2 Å². The van der Waals surface area contributed by atoms with Crippen molar-refractivity contribution in [2.24, 2.45) is 5.73 Å². The van der Waals surface area contributed by atoms with Gasteiger partial charge in [-0.2, -0.15) is 0 Å². The molecule has 0 radical (unpaired) electrons. The Morgan fingerprint density at radius 3 is 2.86 bits per heavy atom. The molecule has 4 N–H and O–H groups in total. The molecule has 0 aromatic heterocycles. The average Bonchev–Trinajstić information content (AvgIpc) is 2.14. The number of nitrogens with two attached hydrogens (primary N) is 1. The highest BCUT2D eigenvalue weighted by atomic mass is 19.1. The monoisotopic (exact) mass is 198 g/mol. The van der Waals surface area contributed by atoms with Crippen LogP contribution in [0.5, 0.6) is 5.75 Å². The molecule has 0 amide bonds. The third-order valence-corrected chi connectivity index (χ3v) is 2.05. The summed E-state index contributed by atoms with van der Waals surface area (Å²) >= 11 is 0. The minimum Gasteiger partial charge on any atom is -0.508 e. The maximum Gasteiger partial charge on any atom is 0.126 e. The van der Waals surface area contributed by atoms with Crippen molar-refractivity contribution in [1.82, 2.24) is 5.32 Å². The molecule has 0 aliphatic rings. The van der Waals surface area contributed by atoms with E-state index in [1.807, 2.05) is 6.92 Å². The Balaban J connectivity index is 2.74. The molecule has 1 aromatic rings. The molecule has 78 valence electrons. The maximum absolute atomic E-state index is 12.7. The lowest BCUT2D eigenvalue weighted by Crippen LogP contribution is -2.25. The minimum absolute atomic E-state index is 0.0259. The third kappa shape index (κ3) is 2.68. The highest BCUT2D eigenvalue weighted by Gasteiger charge is 2.09. The number of nitrogens with one attached hydrogen (secondary N) is 1. The van der Waals surface area contributed by atoms with E-state index in [2.05, 4.69) is 5.32 Å². The molecule has 0 fully saturated rings. The van der Waals surface area contributed by atoms with Crippen molar-refractivity contribution in [2.75, 3.05) is 13.1 Å². The van der Waals surface area contributed by atoms with Gasteiger partial charge in [-0.15, -0.1) is 0 Å². The van der Waals surface area contributed by atoms with Gasteiger partial charge in [0.15, 0.2) is 0 Å². The predicted octanol–water partition coefficient (Wildman–Crippen LogP) is 1.14. The minimum atomic E-state index is -0.433. The number of phenols is 1. The molecule has 0 saturated heterocycles. The van der Waals surface area contributed by atoms with Crippen molar-refractivity contribution >= 4 is 0 Å². The van der Waals surface area contributed by atoms with E-state index in [9.17, 15) is 9.50 Å². The first-order valence-corrected chi connectivity index (χ1v) is 4.57. The zero-order valence-electron chi connectivity index (χ0n) is 8.13. The van der Waals surface area contributed by atoms with Gasteiger partial charge in [0.1, 0.15) is 11.6 Å². The van der Waals surface area contributed by atoms with Crippen LogP contribution >= 0.6 is 0 Å². The van der Waals surface area contributed by atoms with Gasteiger partial charge in [-0.25, -0.2) is 4.39 Å². The number of hydrogen-bond donors (Lipinski definition) is 3. The topological polar surface area (TPSA) is 58.3 Å². The van der Waals surface area contributed by atoms with Gasteiger partial charge >= 0.3 is 0 Å². The van der Waals surface area contributed by atoms with Crippen LogP contribution < -0.4 is 11.1 Å². The second kappa shape index (κ2) is 4.93. The number of benzene rings is 1. The molecular formula is C10H15FN2O. The summed E-state index contributed by atoms with van der Waals surface area (Å²) in [5.41, 5.74) is 6.01. The first-order valence-electron chi connectivity index (χ1n) is 4.57. The Kier molecular flexibility index (Phi) is 3.85. The molecule has 0 heterocycles. The van der Waals surface area contributed by atoms with Crippen LogP contribution in [0.15, 0.2) is 18.2 Å². The quantitative estimate of drug-likeness (QED) is 0.680. The molecule has 0 spiro atoms. The van der Waals surface area contributed by atoms with E-state index in [4.69, 9.17) is 5.73 Å². The predicted molar refractivity (Wildman–Crippen MR) is 53.5 cm³/mol. The van der Waals surface area contributed by atoms with Gasteiger partial charge in [-0.1, -0.05) is 6.07 Å². The summed E-state index contributed by atoms with van der Waals surface area (Å²) in [6.45, 7) is 3.09. The lowest BCUT2D eigenvalue weighted by atomic mass is 10.1. The van der Waals surface area contributed by atoms with E-state index in [1.165, 1.54) is 6.07 Å². The summed E-state index contributed by atoms with van der Waals surface area (Å²) in [6.07, 6.45) is 0. The fourth-order valence-electron chi connectivity index (χ4n) is 1.29. The normalized spacial score (nSPS) is 12.8. The zero-order chi connectivity index (χ0) is 10.6. The summed E-state index contributed by atoms with van der Waals surface area (Å²) in [4.78, 5) is 0. The Morgan fingerprint density at radius 1 is 1.57 bits per heavy atom. The number of hydrogen-bond acceptors (Lipinski definition) is 3. The molecule has 1 atom stereocenters. The second-order valence-corrected chi connectivity index (χ2v) is 3.17. The summed E-state index contributed by atoms with van der Waals surface area (Å²) in [5.74, 6) is -0.459. The van der Waals surface area contributed by atoms with Gasteiger partial charge in [0.2, 0.25) is 0 Å². The van der Waals surface area contributed by atoms with Crippen LogP contribution in [0.2, 0.25) is 0 Å². The van der Waals surface area contributed by atoms with Crippen molar-refractivity contribution in [3.63, 3.8) is 0 Å². The first-order chi connectivity index (χ1) is 6.65. The lowest BCUT2D eigenvalue weighted by Gasteiger charge is -2.14. The van der Waals surface area contributed by atoms with Gasteiger partial charge in [0.25, 0.3) is 0 Å². The molecule has 0 aliphatic carbocycles. The van der Waals surface area contributed by atoms with E-state index in [0.29, 0.717) is 18.7 Å². The van der Waals surface area contributed by atoms with E-state index in [1.54, 1.807) is 6.07 Å². The molecule has 14 heavy (non-hydrogen) atoms. The van der Waals surface area contributed by atoms with Crippen LogP contribution in [0.25, 0.3) is 0 Å². The van der Waals surface area contributed by atoms with Crippen LogP contribution in [0.4, 0.5) is 4.39 Å². The van der Waals surface area contributed by atoms with Crippen molar-refractivity contribution in [2.45, 2.75) is 13.0 Å². The summed E-state index contributed by atoms with van der Waals surface area (Å²) in [6, 6.07) is 3.98. The van der Waals surface area contributed by atoms with Gasteiger partial charge in [0, 0.05) is 30.8 Å². The van der Waals surface area contributed by atoms with Gasteiger partial charge in [0.05, 0.1) is 0 Å². The Bertz CT molecular complexity index is 304. The van der Waals surface area contributed by atoms with Crippen molar-refractivity contribution in [3.05, 3.63) is 29.6 Å². The van der Waals surface area contributed by atoms with Gasteiger partial charge in [-0.3, -0.25) is 0 Å². The molecule has 0 aliphatic heterocycles. The number of halogens is 1. The Labute approximate surface area is 82.7 Å². The number of rotatable bonds is 4. The Morgan fingerprint density at radius 2 is 2.29 bits per heavy atom. The first kappa shape index (κ1) is 10.9. The van der Waals surface area contributed by atoms with Crippen molar-refractivity contribution in [3.8, 4) is 5.75 Å². The smallest absolute Gasteiger partial charge is 0.126 e. The third-order valence-electron chi connectivity index (χ3n) is 2.05. The van der Waals surface area contributed by atoms with Crippen molar-refractivity contribution < 1.29 is 9.50 Å². The summed E-state index contributed by atoms with van der Waals surface area (Å²) in [5, 5.41) is 12.6. The van der Waals surface area contributed by atoms with Gasteiger partial charge in [-0.05, 0) is 13.0 Å². The molecule has 3 nitrogen and oxygen atoms in total. The molecule has 4 heteroatoms. The van der Waals surface area contributed by atoms with E-state index < -0.39 is 5.82 Å². The summed E-state index contributed by atoms with van der Waals surface area (Å²) in [7, 11) is 0. The van der Waals surface area contributed by atoms with Crippen LogP contribution in [0, 0.1) is 5.82 Å². The Hall–Kier alpha value is -1.13. The highest BCUT2D eigenvalue weighted by Crippen LogP contribution is 2.24. The van der Waals surface area contributed by atoms with E-state index >= 15 is 0 Å². The average molecular weight is 198 g/mol. The van der Waals surface area contributed by atoms with Crippen LogP contribution in [-0.2, 0) is 0 Å². The molecule has 1 rings (SSSR count). The lowest BCUT2D eigenvalue weighted by molar-refractivity contribution is 0.448. The zero-order valence-corrected chi connectivity index (χ0v) is 8.13. The standard InChI is InChI=1S/C10H15FN2O/c1-7(13-5-4-12)9-3-2-8(11)6-10(9)14/h2-3,6-7,13-14H,4-5,12H2,1H3. The molecular weight excluding hydrogens is 183 g/mol. The summed E-state index contributed by atoms with van der Waals surface area (Å²) < 4.78 is 12.7. The molecule has 0 saturated carbocycles. The number of phenolic OH excluding ortho intramolecular Hbond substituents is 1. The van der Waals surface area contributed by atoms with Crippen LogP contribution in [0.3, 0.4) is 0 Å². The van der Waals surface area contributed by atoms with Crippen LogP contribution in [-0.4, -0.2) is 18.2 Å². The molecule has 0 bridgehead atoms. The van der Waals surface area contributed by atoms with E-state index in [0.717, 1.165) is 6.07 Å².